The average Bonchev–Trinajstić information content (AvgIpc) is 3.09. The predicted octanol–water partition coefficient (Wildman–Crippen LogP) is 3.43. The first-order valence-electron chi connectivity index (χ1n) is 9.43. The first-order chi connectivity index (χ1) is 11.6. The normalized spacial score (nSPS) is 23.3. The Kier molecular flexibility index (Phi) is 5.63. The van der Waals surface area contributed by atoms with Crippen molar-refractivity contribution in [1.82, 2.24) is 25.1 Å². The molecular weight excluding hydrogens is 302 g/mol. The number of piperidine rings is 1. The van der Waals surface area contributed by atoms with Gasteiger partial charge in [0.25, 0.3) is 0 Å². The van der Waals surface area contributed by atoms with Crippen LogP contribution in [0.15, 0.2) is 6.08 Å². The molecule has 2 aliphatic rings. The van der Waals surface area contributed by atoms with E-state index in [1.54, 1.807) is 0 Å². The lowest BCUT2D eigenvalue weighted by atomic mass is 9.87. The Labute approximate surface area is 144 Å². The maximum atomic E-state index is 13.0. The summed E-state index contributed by atoms with van der Waals surface area (Å²) in [6.45, 7) is 5.05. The molecule has 1 amide bonds. The summed E-state index contributed by atoms with van der Waals surface area (Å²) in [6.07, 6.45) is 12.7. The minimum absolute atomic E-state index is 0.00521. The molecule has 132 valence electrons. The number of hydrogen-bond donors (Lipinski definition) is 0. The molecule has 1 saturated heterocycles. The molecule has 6 heteroatoms. The van der Waals surface area contributed by atoms with Crippen molar-refractivity contribution in [1.29, 1.82) is 0 Å². The lowest BCUT2D eigenvalue weighted by Gasteiger charge is -2.37. The Morgan fingerprint density at radius 2 is 1.88 bits per heavy atom. The summed E-state index contributed by atoms with van der Waals surface area (Å²) < 4.78 is 0. The van der Waals surface area contributed by atoms with Crippen LogP contribution in [0, 0.1) is 11.8 Å². The zero-order chi connectivity index (χ0) is 16.9. The van der Waals surface area contributed by atoms with Crippen molar-refractivity contribution in [3.8, 4) is 0 Å². The van der Waals surface area contributed by atoms with Crippen LogP contribution in [-0.4, -0.2) is 37.6 Å². The van der Waals surface area contributed by atoms with E-state index in [0.29, 0.717) is 17.6 Å². The summed E-state index contributed by atoms with van der Waals surface area (Å²) in [4.78, 5) is 16.5. The van der Waals surface area contributed by atoms with Gasteiger partial charge < -0.3 is 4.90 Å². The third-order valence-electron chi connectivity index (χ3n) is 5.09. The van der Waals surface area contributed by atoms with Crippen molar-refractivity contribution in [3.63, 3.8) is 0 Å². The highest BCUT2D eigenvalue weighted by Gasteiger charge is 2.34. The number of likely N-dealkylation sites (tertiary alicyclic amines) is 1. The minimum Gasteiger partial charge on any atom is -0.332 e. The number of nitrogens with zero attached hydrogens (tertiary/aromatic N) is 5. The molecule has 1 saturated carbocycles. The van der Waals surface area contributed by atoms with Gasteiger partial charge in [-0.05, 0) is 43.2 Å². The molecule has 6 nitrogen and oxygen atoms in total. The number of rotatable bonds is 4. The largest absolute Gasteiger partial charge is 0.332 e. The summed E-state index contributed by atoms with van der Waals surface area (Å²) in [5.74, 6) is 1.65. The monoisotopic (exact) mass is 331 g/mol. The van der Waals surface area contributed by atoms with E-state index in [2.05, 4.69) is 29.3 Å². The molecule has 3 rings (SSSR count). The predicted molar refractivity (Wildman–Crippen MR) is 92.9 cm³/mol. The molecule has 0 aromatic carbocycles. The van der Waals surface area contributed by atoms with E-state index >= 15 is 0 Å². The van der Waals surface area contributed by atoms with Gasteiger partial charge in [0, 0.05) is 18.7 Å². The molecule has 2 fully saturated rings. The van der Waals surface area contributed by atoms with Crippen molar-refractivity contribution in [2.45, 2.75) is 71.3 Å². The highest BCUT2D eigenvalue weighted by molar-refractivity contribution is 5.79. The fourth-order valence-electron chi connectivity index (χ4n) is 3.73. The molecular formula is C18H29N5O. The molecule has 1 unspecified atom stereocenters. The third-order valence-corrected chi connectivity index (χ3v) is 5.09. The number of hydrogen-bond acceptors (Lipinski definition) is 4. The van der Waals surface area contributed by atoms with Crippen molar-refractivity contribution in [2.24, 2.45) is 11.8 Å². The topological polar surface area (TPSA) is 63.9 Å². The first kappa shape index (κ1) is 17.1. The van der Waals surface area contributed by atoms with Gasteiger partial charge in [-0.1, -0.05) is 39.2 Å². The van der Waals surface area contributed by atoms with Crippen LogP contribution in [0.3, 0.4) is 0 Å². The van der Waals surface area contributed by atoms with Crippen molar-refractivity contribution < 1.29 is 4.79 Å². The maximum Gasteiger partial charge on any atom is 0.226 e. The van der Waals surface area contributed by atoms with Crippen LogP contribution in [0.5, 0.6) is 0 Å². The van der Waals surface area contributed by atoms with Gasteiger partial charge >= 0.3 is 0 Å². The van der Waals surface area contributed by atoms with Crippen LogP contribution in [0.4, 0.5) is 0 Å². The van der Waals surface area contributed by atoms with Gasteiger partial charge in [-0.25, -0.2) is 0 Å². The zero-order valence-electron chi connectivity index (χ0n) is 14.9. The first-order valence-corrected chi connectivity index (χ1v) is 9.43. The Morgan fingerprint density at radius 1 is 1.12 bits per heavy atom. The molecule has 0 bridgehead atoms. The van der Waals surface area contributed by atoms with E-state index in [-0.39, 0.29) is 12.0 Å². The van der Waals surface area contributed by atoms with Gasteiger partial charge in [-0.15, -0.1) is 15.0 Å². The quantitative estimate of drug-likeness (QED) is 0.848. The van der Waals surface area contributed by atoms with Crippen LogP contribution in [0.25, 0.3) is 6.20 Å². The molecule has 2 heterocycles. The maximum absolute atomic E-state index is 13.0. The lowest BCUT2D eigenvalue weighted by molar-refractivity contribution is -0.140. The summed E-state index contributed by atoms with van der Waals surface area (Å²) in [7, 11) is 0. The van der Waals surface area contributed by atoms with Gasteiger partial charge in [0.15, 0.2) is 5.82 Å². The molecule has 1 aliphatic heterocycles. The second kappa shape index (κ2) is 7.90. The highest BCUT2D eigenvalue weighted by Crippen LogP contribution is 2.33. The Balaban J connectivity index is 1.73. The number of allylic oxidation sites excluding steroid dienone is 1. The van der Waals surface area contributed by atoms with Crippen LogP contribution < -0.4 is 0 Å². The molecule has 0 N–H and O–H groups in total. The molecule has 1 aromatic rings. The van der Waals surface area contributed by atoms with Gasteiger partial charge in [0.2, 0.25) is 5.91 Å². The molecule has 0 spiro atoms. The summed E-state index contributed by atoms with van der Waals surface area (Å²) in [6, 6.07) is -0.00521. The summed E-state index contributed by atoms with van der Waals surface area (Å²) >= 11 is 0. The lowest BCUT2D eigenvalue weighted by Crippen LogP contribution is -2.42. The second-order valence-electron chi connectivity index (χ2n) is 7.43. The summed E-state index contributed by atoms with van der Waals surface area (Å²) in [5.41, 5.74) is 0. The molecule has 0 radical (unpaired) electrons. The number of tetrazole rings is 1. The number of carbonyl (C=O) groups is 1. The molecule has 1 aliphatic carbocycles. The van der Waals surface area contributed by atoms with Gasteiger partial charge in [-0.3, -0.25) is 4.79 Å². The van der Waals surface area contributed by atoms with Crippen molar-refractivity contribution >= 4 is 12.1 Å². The fraction of sp³-hybridized carbons (Fsp3) is 0.778. The van der Waals surface area contributed by atoms with Gasteiger partial charge in [-0.2, -0.15) is 0 Å². The molecule has 1 atom stereocenters. The standard InChI is InChI=1S/C18H29N5O/c1-14(2)11-13-23-20-17(19-21-23)16-10-6-7-12-22(16)18(24)15-8-4-3-5-9-15/h11,13-16H,3-10,12H2,1-2H3/b13-11+. The minimum atomic E-state index is -0.00521. The number of carbonyl (C=O) groups excluding carboxylic acids is 1. The Morgan fingerprint density at radius 3 is 2.62 bits per heavy atom. The Hall–Kier alpha value is -1.72. The van der Waals surface area contributed by atoms with Gasteiger partial charge in [0.05, 0.1) is 6.04 Å². The van der Waals surface area contributed by atoms with E-state index in [1.807, 2.05) is 17.2 Å². The van der Waals surface area contributed by atoms with Crippen LogP contribution in [0.2, 0.25) is 0 Å². The van der Waals surface area contributed by atoms with E-state index in [9.17, 15) is 4.79 Å². The highest BCUT2D eigenvalue weighted by atomic mass is 16.2. The average molecular weight is 331 g/mol. The van der Waals surface area contributed by atoms with E-state index in [0.717, 1.165) is 38.6 Å². The summed E-state index contributed by atoms with van der Waals surface area (Å²) in [5, 5.41) is 12.9. The fourth-order valence-corrected chi connectivity index (χ4v) is 3.73. The number of aromatic nitrogens is 4. The molecule has 24 heavy (non-hydrogen) atoms. The van der Waals surface area contributed by atoms with E-state index in [1.165, 1.54) is 24.1 Å². The van der Waals surface area contributed by atoms with Crippen LogP contribution in [-0.2, 0) is 4.79 Å². The Bertz CT molecular complexity index is 574. The zero-order valence-corrected chi connectivity index (χ0v) is 14.9. The van der Waals surface area contributed by atoms with Crippen LogP contribution >= 0.6 is 0 Å². The van der Waals surface area contributed by atoms with E-state index < -0.39 is 0 Å². The molecule has 1 aromatic heterocycles. The van der Waals surface area contributed by atoms with Gasteiger partial charge in [0.1, 0.15) is 0 Å². The van der Waals surface area contributed by atoms with Crippen molar-refractivity contribution in [3.05, 3.63) is 11.9 Å². The van der Waals surface area contributed by atoms with Crippen LogP contribution in [0.1, 0.15) is 77.1 Å². The third kappa shape index (κ3) is 4.02. The van der Waals surface area contributed by atoms with Crippen molar-refractivity contribution in [2.75, 3.05) is 6.54 Å². The smallest absolute Gasteiger partial charge is 0.226 e. The second-order valence-corrected chi connectivity index (χ2v) is 7.43. The SMILES string of the molecule is CC(C)/C=C/n1nnc(C2CCCCN2C(=O)C2CCCCC2)n1. The number of amides is 1. The van der Waals surface area contributed by atoms with E-state index in [4.69, 9.17) is 0 Å².